The molecule has 0 saturated heterocycles. The summed E-state index contributed by atoms with van der Waals surface area (Å²) in [6, 6.07) is 4.66. The topological polar surface area (TPSA) is 126 Å². The molecule has 0 aliphatic heterocycles. The second-order valence-electron chi connectivity index (χ2n) is 4.77. The van der Waals surface area contributed by atoms with Crippen LogP contribution < -0.4 is 5.73 Å². The van der Waals surface area contributed by atoms with E-state index in [2.05, 4.69) is 10.1 Å². The summed E-state index contributed by atoms with van der Waals surface area (Å²) >= 11 is 12.0. The Kier molecular flexibility index (Phi) is 5.90. The molecule has 0 radical (unpaired) electrons. The number of carbonyl (C=O) groups is 1. The van der Waals surface area contributed by atoms with Gasteiger partial charge >= 0.3 is 0 Å². The van der Waals surface area contributed by atoms with Crippen LogP contribution in [0, 0.1) is 5.92 Å². The number of halogens is 2. The molecule has 2 unspecified atom stereocenters. The van der Waals surface area contributed by atoms with Crippen molar-refractivity contribution in [1.82, 2.24) is 14.8 Å². The number of nitrogens with two attached hydrogens (primary N) is 1. The average molecular weight is 347 g/mol. The van der Waals surface area contributed by atoms with Gasteiger partial charge in [-0.3, -0.25) is 4.79 Å². The number of hydrogen-bond acceptors (Lipinski definition) is 4. The second-order valence-corrected chi connectivity index (χ2v) is 5.61. The van der Waals surface area contributed by atoms with E-state index in [0.717, 1.165) is 0 Å². The van der Waals surface area contributed by atoms with Gasteiger partial charge in [-0.15, -0.1) is 0 Å². The molecule has 1 amide bonds. The number of aliphatic hydroxyl groups is 1. The van der Waals surface area contributed by atoms with Gasteiger partial charge in [0.25, 0.3) is 0 Å². The van der Waals surface area contributed by atoms with Gasteiger partial charge in [0.2, 0.25) is 5.91 Å². The minimum atomic E-state index is -1.62. The quantitative estimate of drug-likeness (QED) is 0.828. The molecule has 2 rings (SSSR count). The van der Waals surface area contributed by atoms with Crippen molar-refractivity contribution in [3.63, 3.8) is 0 Å². The first-order chi connectivity index (χ1) is 9.84. The molecule has 0 aliphatic carbocycles. The second kappa shape index (κ2) is 7.06. The van der Waals surface area contributed by atoms with Gasteiger partial charge in [-0.05, 0) is 12.1 Å². The molecule has 0 aliphatic rings. The molecule has 1 aromatic carbocycles. The van der Waals surface area contributed by atoms with Crippen LogP contribution in [-0.4, -0.2) is 31.3 Å². The van der Waals surface area contributed by atoms with Gasteiger partial charge in [-0.25, -0.2) is 9.67 Å². The molecule has 120 valence electrons. The summed E-state index contributed by atoms with van der Waals surface area (Å²) in [4.78, 5) is 15.4. The van der Waals surface area contributed by atoms with E-state index >= 15 is 0 Å². The highest BCUT2D eigenvalue weighted by atomic mass is 35.5. The summed E-state index contributed by atoms with van der Waals surface area (Å²) in [6.45, 7) is 1.52. The Morgan fingerprint density at radius 1 is 1.50 bits per heavy atom. The van der Waals surface area contributed by atoms with Crippen molar-refractivity contribution in [3.05, 3.63) is 46.5 Å². The van der Waals surface area contributed by atoms with Crippen molar-refractivity contribution in [2.24, 2.45) is 11.7 Å². The van der Waals surface area contributed by atoms with E-state index in [1.54, 1.807) is 12.1 Å². The Balaban J connectivity index is 0.00000242. The van der Waals surface area contributed by atoms with Gasteiger partial charge in [0.1, 0.15) is 18.3 Å². The van der Waals surface area contributed by atoms with Crippen LogP contribution in [0.15, 0.2) is 30.9 Å². The fraction of sp³-hybridized carbons (Fsp3) is 0.308. The van der Waals surface area contributed by atoms with E-state index in [1.165, 1.54) is 30.3 Å². The van der Waals surface area contributed by atoms with E-state index in [9.17, 15) is 9.90 Å². The van der Waals surface area contributed by atoms with E-state index in [4.69, 9.17) is 28.9 Å². The van der Waals surface area contributed by atoms with Crippen LogP contribution in [-0.2, 0) is 16.9 Å². The summed E-state index contributed by atoms with van der Waals surface area (Å²) in [7, 11) is 0. The van der Waals surface area contributed by atoms with Crippen LogP contribution in [0.3, 0.4) is 0 Å². The molecular formula is C13H16Cl2N4O3. The number of hydrogen-bond donors (Lipinski definition) is 2. The molecule has 22 heavy (non-hydrogen) atoms. The number of carbonyl (C=O) groups excluding carboxylic acids is 1. The Morgan fingerprint density at radius 3 is 2.68 bits per heavy atom. The lowest BCUT2D eigenvalue weighted by molar-refractivity contribution is -0.132. The smallest absolute Gasteiger partial charge is 0.223 e. The molecule has 0 bridgehead atoms. The molecule has 2 aromatic rings. The van der Waals surface area contributed by atoms with Crippen LogP contribution in [0.25, 0.3) is 0 Å². The van der Waals surface area contributed by atoms with Crippen molar-refractivity contribution in [1.29, 1.82) is 0 Å². The lowest BCUT2D eigenvalue weighted by Gasteiger charge is -2.33. The number of benzene rings is 1. The summed E-state index contributed by atoms with van der Waals surface area (Å²) in [5, 5.41) is 15.7. The predicted molar refractivity (Wildman–Crippen MR) is 82.4 cm³/mol. The molecule has 9 heteroatoms. The first kappa shape index (κ1) is 18.4. The highest BCUT2D eigenvalue weighted by molar-refractivity contribution is 6.35. The molecular weight excluding hydrogens is 331 g/mol. The van der Waals surface area contributed by atoms with Gasteiger partial charge < -0.3 is 16.3 Å². The molecule has 1 aromatic heterocycles. The van der Waals surface area contributed by atoms with E-state index < -0.39 is 17.4 Å². The molecule has 1 heterocycles. The SMILES string of the molecule is CC(C(N)=O)C(O)(Cn1cncn1)c1ccc(Cl)cc1Cl.O. The number of nitrogens with zero attached hydrogens (tertiary/aromatic N) is 3. The van der Waals surface area contributed by atoms with Gasteiger partial charge in [0.05, 0.1) is 12.5 Å². The fourth-order valence-electron chi connectivity index (χ4n) is 2.09. The molecule has 7 nitrogen and oxygen atoms in total. The lowest BCUT2D eigenvalue weighted by Crippen LogP contribution is -2.44. The molecule has 0 saturated carbocycles. The zero-order valence-electron chi connectivity index (χ0n) is 11.7. The maximum atomic E-state index is 11.6. The van der Waals surface area contributed by atoms with Gasteiger partial charge in [-0.1, -0.05) is 36.2 Å². The largest absolute Gasteiger partial charge is 0.412 e. The molecule has 5 N–H and O–H groups in total. The number of primary amides is 1. The Morgan fingerprint density at radius 2 is 2.18 bits per heavy atom. The number of amides is 1. The zero-order chi connectivity index (χ0) is 15.6. The lowest BCUT2D eigenvalue weighted by atomic mass is 9.81. The summed E-state index contributed by atoms with van der Waals surface area (Å²) in [6.07, 6.45) is 2.77. The van der Waals surface area contributed by atoms with Crippen LogP contribution in [0.1, 0.15) is 12.5 Å². The van der Waals surface area contributed by atoms with Crippen LogP contribution in [0.5, 0.6) is 0 Å². The fourth-order valence-corrected chi connectivity index (χ4v) is 2.66. The third-order valence-electron chi connectivity index (χ3n) is 3.41. The first-order valence-corrected chi connectivity index (χ1v) is 6.90. The maximum Gasteiger partial charge on any atom is 0.223 e. The van der Waals surface area contributed by atoms with Gasteiger partial charge in [-0.2, -0.15) is 5.10 Å². The summed E-state index contributed by atoms with van der Waals surface area (Å²) in [5.41, 5.74) is 4.09. The van der Waals surface area contributed by atoms with Crippen LogP contribution in [0.4, 0.5) is 0 Å². The third-order valence-corrected chi connectivity index (χ3v) is 3.96. The summed E-state index contributed by atoms with van der Waals surface area (Å²) < 4.78 is 1.41. The van der Waals surface area contributed by atoms with Crippen LogP contribution in [0.2, 0.25) is 10.0 Å². The Bertz CT molecular complexity index is 651. The molecule has 0 fully saturated rings. The van der Waals surface area contributed by atoms with Crippen molar-refractivity contribution in [2.45, 2.75) is 19.1 Å². The standard InChI is InChI=1S/C13H14Cl2N4O2.H2O/c1-8(12(16)20)13(21,5-19-7-17-6-18-19)10-3-2-9(14)4-11(10)15;/h2-4,6-8,21H,5H2,1H3,(H2,16,20);1H2. The van der Waals surface area contributed by atoms with Crippen molar-refractivity contribution in [3.8, 4) is 0 Å². The minimum absolute atomic E-state index is 0. The minimum Gasteiger partial charge on any atom is -0.412 e. The monoisotopic (exact) mass is 346 g/mol. The summed E-state index contributed by atoms with van der Waals surface area (Å²) in [5.74, 6) is -1.54. The number of rotatable bonds is 5. The Labute approximate surface area is 137 Å². The van der Waals surface area contributed by atoms with Crippen molar-refractivity contribution < 1.29 is 15.4 Å². The van der Waals surface area contributed by atoms with E-state index in [-0.39, 0.29) is 17.0 Å². The first-order valence-electron chi connectivity index (χ1n) is 6.14. The zero-order valence-corrected chi connectivity index (χ0v) is 13.2. The van der Waals surface area contributed by atoms with Gasteiger partial charge in [0.15, 0.2) is 0 Å². The average Bonchev–Trinajstić information content (AvgIpc) is 2.89. The molecule has 2 atom stereocenters. The van der Waals surface area contributed by atoms with Crippen LogP contribution >= 0.6 is 23.2 Å². The number of aromatic nitrogens is 3. The highest BCUT2D eigenvalue weighted by Crippen LogP contribution is 2.37. The van der Waals surface area contributed by atoms with E-state index in [0.29, 0.717) is 10.6 Å². The van der Waals surface area contributed by atoms with Gasteiger partial charge in [0, 0.05) is 15.6 Å². The maximum absolute atomic E-state index is 11.6. The van der Waals surface area contributed by atoms with E-state index in [1.807, 2.05) is 0 Å². The third kappa shape index (κ3) is 3.56. The normalized spacial score (nSPS) is 14.7. The molecule has 0 spiro atoms. The Hall–Kier alpha value is -1.67. The van der Waals surface area contributed by atoms with Crippen molar-refractivity contribution in [2.75, 3.05) is 0 Å². The van der Waals surface area contributed by atoms with Crippen molar-refractivity contribution >= 4 is 29.1 Å². The predicted octanol–water partition coefficient (Wildman–Crippen LogP) is 0.769. The highest BCUT2D eigenvalue weighted by Gasteiger charge is 2.41.